The maximum atomic E-state index is 10.1. The van der Waals surface area contributed by atoms with E-state index in [1.165, 1.54) is 25.7 Å². The van der Waals surface area contributed by atoms with Crippen molar-refractivity contribution in [2.24, 2.45) is 0 Å². The summed E-state index contributed by atoms with van der Waals surface area (Å²) in [6.07, 6.45) is 9.19. The van der Waals surface area contributed by atoms with Crippen LogP contribution in [0.1, 0.15) is 79.1 Å². The average molecular weight is 499 g/mol. The molecule has 1 aliphatic heterocycles. The maximum Gasteiger partial charge on any atom is 0.146 e. The second-order valence-electron chi connectivity index (χ2n) is 10.1. The number of hydrogen-bond acceptors (Lipinski definition) is 6. The van der Waals surface area contributed by atoms with E-state index in [0.29, 0.717) is 13.2 Å². The fraction of sp³-hybridized carbons (Fsp3) is 0.600. The molecule has 2 atom stereocenters. The maximum absolute atomic E-state index is 10.1. The number of unbranched alkanes of at least 4 members (excludes halogenated alkanes) is 6. The predicted molar refractivity (Wildman–Crippen MR) is 149 cm³/mol. The van der Waals surface area contributed by atoms with Crippen LogP contribution in [0.15, 0.2) is 36.4 Å². The first-order valence-electron chi connectivity index (χ1n) is 13.9. The van der Waals surface area contributed by atoms with Crippen LogP contribution in [0.5, 0.6) is 23.0 Å². The molecule has 0 aliphatic carbocycles. The van der Waals surface area contributed by atoms with Gasteiger partial charge in [0.15, 0.2) is 0 Å². The average Bonchev–Trinajstić information content (AvgIpc) is 2.85. The van der Waals surface area contributed by atoms with Crippen LogP contribution in [-0.4, -0.2) is 48.6 Å². The minimum absolute atomic E-state index is 0.222. The van der Waals surface area contributed by atoms with Crippen molar-refractivity contribution >= 4 is 11.4 Å². The summed E-state index contributed by atoms with van der Waals surface area (Å²) in [7, 11) is 0. The molecule has 0 radical (unpaired) electrons. The highest BCUT2D eigenvalue weighted by Crippen LogP contribution is 2.39. The molecular weight excluding hydrogens is 452 g/mol. The van der Waals surface area contributed by atoms with Crippen LogP contribution in [-0.2, 0) is 0 Å². The molecule has 1 aliphatic rings. The molecule has 0 saturated carbocycles. The second-order valence-corrected chi connectivity index (χ2v) is 10.1. The Morgan fingerprint density at radius 1 is 0.667 bits per heavy atom. The zero-order chi connectivity index (χ0) is 25.9. The molecule has 6 nitrogen and oxygen atoms in total. The molecule has 2 aromatic rings. The number of nitrogens with zero attached hydrogens (tertiary/aromatic N) is 2. The number of ether oxygens (including phenoxy) is 2. The molecule has 2 N–H and O–H groups in total. The Kier molecular flexibility index (Phi) is 10.9. The predicted octanol–water partition coefficient (Wildman–Crippen LogP) is 7.12. The monoisotopic (exact) mass is 498 g/mol. The highest BCUT2D eigenvalue weighted by molar-refractivity contribution is 5.66. The molecule has 2 aromatic carbocycles. The van der Waals surface area contributed by atoms with E-state index in [2.05, 4.69) is 37.5 Å². The summed E-state index contributed by atoms with van der Waals surface area (Å²) in [6.45, 7) is 11.8. The number of benzene rings is 2. The quantitative estimate of drug-likeness (QED) is 0.270. The molecule has 1 heterocycles. The Morgan fingerprint density at radius 2 is 1.08 bits per heavy atom. The molecule has 0 amide bonds. The molecule has 0 spiro atoms. The van der Waals surface area contributed by atoms with Gasteiger partial charge in [-0.2, -0.15) is 0 Å². The number of phenolic OH excluding ortho intramolecular Hbond substituents is 2. The molecule has 0 aromatic heterocycles. The zero-order valence-electron chi connectivity index (χ0n) is 22.7. The van der Waals surface area contributed by atoms with Gasteiger partial charge in [-0.05, 0) is 51.0 Å². The molecule has 2 unspecified atom stereocenters. The van der Waals surface area contributed by atoms with Crippen molar-refractivity contribution in [3.05, 3.63) is 36.4 Å². The SMILES string of the molecule is CCCCCCOc1cc(O)ccc1N1CC(C)N(c2ccc(O)cc2OCCCCCC)CC1C. The van der Waals surface area contributed by atoms with E-state index in [1.807, 2.05) is 12.1 Å². The van der Waals surface area contributed by atoms with Crippen molar-refractivity contribution in [3.8, 4) is 23.0 Å². The van der Waals surface area contributed by atoms with Crippen molar-refractivity contribution in [2.75, 3.05) is 36.1 Å². The minimum atomic E-state index is 0.222. The van der Waals surface area contributed by atoms with Gasteiger partial charge in [-0.15, -0.1) is 0 Å². The van der Waals surface area contributed by atoms with Gasteiger partial charge >= 0.3 is 0 Å². The lowest BCUT2D eigenvalue weighted by Gasteiger charge is -2.47. The van der Waals surface area contributed by atoms with Gasteiger partial charge in [0.25, 0.3) is 0 Å². The van der Waals surface area contributed by atoms with Gasteiger partial charge in [0, 0.05) is 37.3 Å². The third-order valence-electron chi connectivity index (χ3n) is 7.00. The van der Waals surface area contributed by atoms with Gasteiger partial charge < -0.3 is 29.5 Å². The molecule has 3 rings (SSSR count). The van der Waals surface area contributed by atoms with Gasteiger partial charge in [-0.25, -0.2) is 0 Å². The van der Waals surface area contributed by atoms with E-state index in [-0.39, 0.29) is 23.6 Å². The lowest BCUT2D eigenvalue weighted by molar-refractivity contribution is 0.300. The molecular formula is C30H46N2O4. The molecule has 200 valence electrons. The Labute approximate surface area is 217 Å². The Morgan fingerprint density at radius 3 is 1.47 bits per heavy atom. The van der Waals surface area contributed by atoms with Crippen molar-refractivity contribution in [1.82, 2.24) is 0 Å². The first kappa shape index (κ1) is 27.8. The van der Waals surface area contributed by atoms with E-state index < -0.39 is 0 Å². The van der Waals surface area contributed by atoms with Gasteiger partial charge in [-0.3, -0.25) is 0 Å². The number of rotatable bonds is 14. The standard InChI is InChI=1S/C30H46N2O4/c1-5-7-9-11-17-35-29-19-25(33)13-15-27(29)31-21-24(4)32(22-23(31)3)28-16-14-26(34)20-30(28)36-18-12-10-8-6-2/h13-16,19-20,23-24,33-34H,5-12,17-18,21-22H2,1-4H3. The summed E-state index contributed by atoms with van der Waals surface area (Å²) in [6, 6.07) is 11.4. The number of piperazine rings is 1. The minimum Gasteiger partial charge on any atom is -0.508 e. The number of aromatic hydroxyl groups is 2. The van der Waals surface area contributed by atoms with E-state index in [1.54, 1.807) is 24.3 Å². The second kappa shape index (κ2) is 14.1. The Hall–Kier alpha value is -2.76. The van der Waals surface area contributed by atoms with Crippen LogP contribution >= 0.6 is 0 Å². The summed E-state index contributed by atoms with van der Waals surface area (Å²) >= 11 is 0. The lowest BCUT2D eigenvalue weighted by atomic mass is 10.0. The van der Waals surface area contributed by atoms with Gasteiger partial charge in [-0.1, -0.05) is 52.4 Å². The first-order valence-corrected chi connectivity index (χ1v) is 13.9. The zero-order valence-corrected chi connectivity index (χ0v) is 22.7. The fourth-order valence-corrected chi connectivity index (χ4v) is 4.93. The van der Waals surface area contributed by atoms with E-state index >= 15 is 0 Å². The van der Waals surface area contributed by atoms with E-state index in [0.717, 1.165) is 61.6 Å². The van der Waals surface area contributed by atoms with Crippen LogP contribution in [0, 0.1) is 0 Å². The highest BCUT2D eigenvalue weighted by Gasteiger charge is 2.32. The highest BCUT2D eigenvalue weighted by atomic mass is 16.5. The smallest absolute Gasteiger partial charge is 0.146 e. The summed E-state index contributed by atoms with van der Waals surface area (Å²) in [5.41, 5.74) is 2.06. The topological polar surface area (TPSA) is 65.4 Å². The summed E-state index contributed by atoms with van der Waals surface area (Å²) < 4.78 is 12.3. The van der Waals surface area contributed by atoms with E-state index in [9.17, 15) is 10.2 Å². The summed E-state index contributed by atoms with van der Waals surface area (Å²) in [5, 5.41) is 20.2. The summed E-state index contributed by atoms with van der Waals surface area (Å²) in [5.74, 6) is 1.96. The Bertz CT molecular complexity index is 860. The van der Waals surface area contributed by atoms with Gasteiger partial charge in [0.05, 0.1) is 24.6 Å². The van der Waals surface area contributed by atoms with Gasteiger partial charge in [0.1, 0.15) is 23.0 Å². The van der Waals surface area contributed by atoms with Crippen molar-refractivity contribution in [3.63, 3.8) is 0 Å². The first-order chi connectivity index (χ1) is 17.4. The number of phenols is 2. The molecule has 6 heteroatoms. The number of anilines is 2. The van der Waals surface area contributed by atoms with Crippen molar-refractivity contribution in [2.45, 2.75) is 91.1 Å². The van der Waals surface area contributed by atoms with Crippen molar-refractivity contribution < 1.29 is 19.7 Å². The van der Waals surface area contributed by atoms with Gasteiger partial charge in [0.2, 0.25) is 0 Å². The fourth-order valence-electron chi connectivity index (χ4n) is 4.93. The molecule has 0 bridgehead atoms. The molecule has 36 heavy (non-hydrogen) atoms. The Balaban J connectivity index is 1.72. The van der Waals surface area contributed by atoms with E-state index in [4.69, 9.17) is 9.47 Å². The van der Waals surface area contributed by atoms with Crippen LogP contribution in [0.3, 0.4) is 0 Å². The number of hydrogen-bond donors (Lipinski definition) is 2. The third kappa shape index (κ3) is 7.62. The van der Waals surface area contributed by atoms with Crippen LogP contribution in [0.4, 0.5) is 11.4 Å². The van der Waals surface area contributed by atoms with Crippen LogP contribution in [0.2, 0.25) is 0 Å². The largest absolute Gasteiger partial charge is 0.508 e. The molecule has 1 saturated heterocycles. The van der Waals surface area contributed by atoms with Crippen LogP contribution in [0.25, 0.3) is 0 Å². The van der Waals surface area contributed by atoms with Crippen LogP contribution < -0.4 is 19.3 Å². The normalized spacial score (nSPS) is 17.9. The molecule has 1 fully saturated rings. The lowest BCUT2D eigenvalue weighted by Crippen LogP contribution is -2.57. The third-order valence-corrected chi connectivity index (χ3v) is 7.00. The van der Waals surface area contributed by atoms with Crippen molar-refractivity contribution in [1.29, 1.82) is 0 Å². The summed E-state index contributed by atoms with van der Waals surface area (Å²) in [4.78, 5) is 4.77.